The van der Waals surface area contributed by atoms with Gasteiger partial charge in [0.15, 0.2) is 0 Å². The van der Waals surface area contributed by atoms with Gasteiger partial charge in [0.1, 0.15) is 0 Å². The van der Waals surface area contributed by atoms with E-state index >= 15 is 0 Å². The van der Waals surface area contributed by atoms with Gasteiger partial charge in [0.2, 0.25) is 0 Å². The van der Waals surface area contributed by atoms with Crippen LogP contribution >= 0.6 is 11.3 Å². The number of benzene rings is 2. The van der Waals surface area contributed by atoms with Gasteiger partial charge in [-0.25, -0.2) is 0 Å². The Bertz CT molecular complexity index is 943. The van der Waals surface area contributed by atoms with Gasteiger partial charge in [-0.1, -0.05) is 0 Å². The molecule has 0 unspecified atom stereocenters. The van der Waals surface area contributed by atoms with Gasteiger partial charge in [-0.2, -0.15) is 0 Å². The predicted molar refractivity (Wildman–Crippen MR) is 91.3 cm³/mol. The number of nitrogens with zero attached hydrogens (tertiary/aromatic N) is 1. The lowest BCUT2D eigenvalue weighted by Crippen LogP contribution is -1.94. The maximum absolute atomic E-state index is 6.02. The molecule has 3 N–H and O–H groups in total. The van der Waals surface area contributed by atoms with Crippen LogP contribution < -0.4 is 11.1 Å². The van der Waals surface area contributed by atoms with E-state index < -0.39 is 0 Å². The number of nitrogens with one attached hydrogen (secondary N) is 1. The molecule has 0 spiro atoms. The van der Waals surface area contributed by atoms with Crippen LogP contribution in [0.5, 0.6) is 0 Å². The normalized spacial score (nSPS) is 11.0. The number of anilines is 3. The zero-order chi connectivity index (χ0) is 14.2. The smallest absolute Gasteiger partial charge is 0.0481 e. The molecule has 2 heterocycles. The average Bonchev–Trinajstić information content (AvgIpc) is 2.98. The number of thiophene rings is 1. The first-order valence-corrected chi connectivity index (χ1v) is 7.56. The average molecular weight is 291 g/mol. The van der Waals surface area contributed by atoms with E-state index in [0.717, 1.165) is 27.8 Å². The molecule has 0 saturated heterocycles. The second kappa shape index (κ2) is 4.75. The van der Waals surface area contributed by atoms with Crippen molar-refractivity contribution in [3.05, 3.63) is 60.2 Å². The maximum Gasteiger partial charge on any atom is 0.0481 e. The highest BCUT2D eigenvalue weighted by Gasteiger charge is 2.05. The first-order chi connectivity index (χ1) is 10.3. The van der Waals surface area contributed by atoms with Crippen LogP contribution in [-0.2, 0) is 0 Å². The maximum atomic E-state index is 6.02. The number of rotatable bonds is 2. The zero-order valence-electron chi connectivity index (χ0n) is 11.2. The van der Waals surface area contributed by atoms with Crippen LogP contribution in [0.1, 0.15) is 0 Å². The number of hydrogen-bond acceptors (Lipinski definition) is 4. The molecule has 21 heavy (non-hydrogen) atoms. The standard InChI is InChI=1S/C17H13N3S/c18-15-2-3-16(14-10-19-7-5-13(14)15)20-12-1-4-17-11(9-12)6-8-21-17/h1-10,20H,18H2. The van der Waals surface area contributed by atoms with Gasteiger partial charge in [0.25, 0.3) is 0 Å². The van der Waals surface area contributed by atoms with Gasteiger partial charge in [0.05, 0.1) is 0 Å². The molecule has 102 valence electrons. The molecule has 0 aliphatic rings. The molecular weight excluding hydrogens is 278 g/mol. The topological polar surface area (TPSA) is 50.9 Å². The molecule has 4 aromatic rings. The monoisotopic (exact) mass is 291 g/mol. The summed E-state index contributed by atoms with van der Waals surface area (Å²) in [5.74, 6) is 0. The lowest BCUT2D eigenvalue weighted by molar-refractivity contribution is 1.36. The summed E-state index contributed by atoms with van der Waals surface area (Å²) < 4.78 is 1.30. The lowest BCUT2D eigenvalue weighted by atomic mass is 10.1. The van der Waals surface area contributed by atoms with E-state index in [0.29, 0.717) is 0 Å². The van der Waals surface area contributed by atoms with Crippen LogP contribution in [0, 0.1) is 0 Å². The Balaban J connectivity index is 1.81. The SMILES string of the molecule is Nc1ccc(Nc2ccc3sccc3c2)c2cnccc12. The molecular formula is C17H13N3S. The van der Waals surface area contributed by atoms with Crippen molar-refractivity contribution in [3.8, 4) is 0 Å². The Morgan fingerprint density at radius 3 is 2.90 bits per heavy atom. The highest BCUT2D eigenvalue weighted by Crippen LogP contribution is 2.31. The number of nitrogens with two attached hydrogens (primary N) is 1. The molecule has 0 aliphatic heterocycles. The molecule has 0 atom stereocenters. The summed E-state index contributed by atoms with van der Waals surface area (Å²) in [5, 5.41) is 8.88. The summed E-state index contributed by atoms with van der Waals surface area (Å²) in [6.45, 7) is 0. The third-order valence-electron chi connectivity index (χ3n) is 3.58. The number of nitrogen functional groups attached to an aromatic ring is 1. The lowest BCUT2D eigenvalue weighted by Gasteiger charge is -2.11. The summed E-state index contributed by atoms with van der Waals surface area (Å²) in [7, 11) is 0. The highest BCUT2D eigenvalue weighted by molar-refractivity contribution is 7.17. The number of hydrogen-bond donors (Lipinski definition) is 2. The minimum Gasteiger partial charge on any atom is -0.398 e. The van der Waals surface area contributed by atoms with E-state index in [-0.39, 0.29) is 0 Å². The quantitative estimate of drug-likeness (QED) is 0.523. The van der Waals surface area contributed by atoms with Gasteiger partial charge >= 0.3 is 0 Å². The Morgan fingerprint density at radius 1 is 1.00 bits per heavy atom. The summed E-state index contributed by atoms with van der Waals surface area (Å²) in [5.41, 5.74) is 8.88. The van der Waals surface area contributed by atoms with Gasteiger partial charge in [0, 0.05) is 44.9 Å². The molecule has 0 radical (unpaired) electrons. The van der Waals surface area contributed by atoms with Crippen LogP contribution in [0.2, 0.25) is 0 Å². The Morgan fingerprint density at radius 2 is 1.95 bits per heavy atom. The van der Waals surface area contributed by atoms with Gasteiger partial charge < -0.3 is 11.1 Å². The van der Waals surface area contributed by atoms with Crippen molar-refractivity contribution in [1.29, 1.82) is 0 Å². The van der Waals surface area contributed by atoms with Crippen molar-refractivity contribution in [2.45, 2.75) is 0 Å². The first-order valence-electron chi connectivity index (χ1n) is 6.68. The number of fused-ring (bicyclic) bond motifs is 2. The molecule has 2 aromatic heterocycles. The van der Waals surface area contributed by atoms with Crippen LogP contribution in [0.4, 0.5) is 17.1 Å². The van der Waals surface area contributed by atoms with E-state index in [9.17, 15) is 0 Å². The largest absolute Gasteiger partial charge is 0.398 e. The van der Waals surface area contributed by atoms with E-state index in [1.807, 2.05) is 24.4 Å². The molecule has 0 amide bonds. The van der Waals surface area contributed by atoms with Crippen molar-refractivity contribution in [2.75, 3.05) is 11.1 Å². The minimum absolute atomic E-state index is 0.770. The van der Waals surface area contributed by atoms with Gasteiger partial charge in [-0.15, -0.1) is 11.3 Å². The van der Waals surface area contributed by atoms with Crippen molar-refractivity contribution in [3.63, 3.8) is 0 Å². The van der Waals surface area contributed by atoms with E-state index in [4.69, 9.17) is 5.73 Å². The van der Waals surface area contributed by atoms with Crippen molar-refractivity contribution in [2.24, 2.45) is 0 Å². The minimum atomic E-state index is 0.770. The summed E-state index contributed by atoms with van der Waals surface area (Å²) >= 11 is 1.75. The number of aromatic nitrogens is 1. The third kappa shape index (κ3) is 2.10. The second-order valence-electron chi connectivity index (χ2n) is 4.92. The Kier molecular flexibility index (Phi) is 2.75. The van der Waals surface area contributed by atoms with Crippen LogP contribution in [-0.4, -0.2) is 4.98 Å². The van der Waals surface area contributed by atoms with Gasteiger partial charge in [-0.3, -0.25) is 4.98 Å². The third-order valence-corrected chi connectivity index (χ3v) is 4.48. The molecule has 0 saturated carbocycles. The molecule has 4 rings (SSSR count). The molecule has 2 aromatic carbocycles. The second-order valence-corrected chi connectivity index (χ2v) is 5.87. The molecule has 0 aliphatic carbocycles. The highest BCUT2D eigenvalue weighted by atomic mass is 32.1. The molecule has 0 fully saturated rings. The fourth-order valence-corrected chi connectivity index (χ4v) is 3.29. The fourth-order valence-electron chi connectivity index (χ4n) is 2.52. The Labute approximate surface area is 126 Å². The van der Waals surface area contributed by atoms with Crippen molar-refractivity contribution >= 4 is 49.3 Å². The number of pyridine rings is 1. The predicted octanol–water partition coefficient (Wildman–Crippen LogP) is 4.78. The van der Waals surface area contributed by atoms with Crippen molar-refractivity contribution in [1.82, 2.24) is 4.98 Å². The van der Waals surface area contributed by atoms with Gasteiger partial charge in [-0.05, 0) is 53.2 Å². The van der Waals surface area contributed by atoms with E-state index in [1.54, 1.807) is 17.5 Å². The van der Waals surface area contributed by atoms with Crippen molar-refractivity contribution < 1.29 is 0 Å². The van der Waals surface area contributed by atoms with E-state index in [1.165, 1.54) is 10.1 Å². The van der Waals surface area contributed by atoms with Crippen LogP contribution in [0.25, 0.3) is 20.9 Å². The first kappa shape index (κ1) is 12.2. The molecule has 0 bridgehead atoms. The van der Waals surface area contributed by atoms with Crippen LogP contribution in [0.15, 0.2) is 60.2 Å². The van der Waals surface area contributed by atoms with E-state index in [2.05, 4.69) is 39.9 Å². The molecule has 3 nitrogen and oxygen atoms in total. The summed E-state index contributed by atoms with van der Waals surface area (Å²) in [4.78, 5) is 4.20. The van der Waals surface area contributed by atoms with Crippen LogP contribution in [0.3, 0.4) is 0 Å². The molecule has 4 heteroatoms. The Hall–Kier alpha value is -2.59. The zero-order valence-corrected chi connectivity index (χ0v) is 12.0. The fraction of sp³-hybridized carbons (Fsp3) is 0. The summed E-state index contributed by atoms with van der Waals surface area (Å²) in [6.07, 6.45) is 3.61. The summed E-state index contributed by atoms with van der Waals surface area (Å²) in [6, 6.07) is 14.4.